The molecule has 1 aromatic rings. The van der Waals surface area contributed by atoms with Gasteiger partial charge in [0.05, 0.1) is 12.1 Å². The fourth-order valence-corrected chi connectivity index (χ4v) is 2.41. The fourth-order valence-electron chi connectivity index (χ4n) is 2.41. The number of hydrogen-bond donors (Lipinski definition) is 3. The van der Waals surface area contributed by atoms with Crippen LogP contribution in [-0.2, 0) is 4.74 Å². The van der Waals surface area contributed by atoms with Crippen LogP contribution in [0, 0.1) is 0 Å². The predicted molar refractivity (Wildman–Crippen MR) is 74.0 cm³/mol. The van der Waals surface area contributed by atoms with E-state index >= 15 is 0 Å². The Morgan fingerprint density at radius 3 is 2.68 bits per heavy atom. The number of anilines is 2. The average Bonchev–Trinajstić information content (AvgIpc) is 2.39. The highest BCUT2D eigenvalue weighted by Gasteiger charge is 2.33. The van der Waals surface area contributed by atoms with Crippen LogP contribution in [0.15, 0.2) is 6.33 Å². The summed E-state index contributed by atoms with van der Waals surface area (Å²) in [4.78, 5) is 8.34. The van der Waals surface area contributed by atoms with E-state index in [9.17, 15) is 5.11 Å². The summed E-state index contributed by atoms with van der Waals surface area (Å²) in [5, 5.41) is 13.1. The molecule has 0 atom stereocenters. The Kier molecular flexibility index (Phi) is 4.21. The predicted octanol–water partition coefficient (Wildman–Crippen LogP) is 1.14. The minimum Gasteiger partial charge on any atom is -0.394 e. The third-order valence-electron chi connectivity index (χ3n) is 3.63. The van der Waals surface area contributed by atoms with Crippen LogP contribution in [-0.4, -0.2) is 40.4 Å². The lowest BCUT2D eigenvalue weighted by Gasteiger charge is -2.37. The molecule has 0 aromatic carbocycles. The molecule has 0 amide bonds. The molecule has 1 aliphatic rings. The number of aromatic nitrogens is 2. The Hall–Kier alpha value is -1.40. The molecule has 0 bridgehead atoms. The van der Waals surface area contributed by atoms with Crippen molar-refractivity contribution >= 4 is 11.6 Å². The van der Waals surface area contributed by atoms with Crippen molar-refractivity contribution in [2.45, 2.75) is 38.1 Å². The van der Waals surface area contributed by atoms with Crippen LogP contribution < -0.4 is 11.1 Å². The first-order valence-corrected chi connectivity index (χ1v) is 6.65. The number of nitrogens with two attached hydrogens (primary N) is 1. The maximum absolute atomic E-state index is 9.71. The van der Waals surface area contributed by atoms with Gasteiger partial charge in [0.25, 0.3) is 0 Å². The highest BCUT2D eigenvalue weighted by Crippen LogP contribution is 2.31. The van der Waals surface area contributed by atoms with Gasteiger partial charge in [-0.15, -0.1) is 0 Å². The number of aliphatic hydroxyl groups excluding tert-OH is 1. The lowest BCUT2D eigenvalue weighted by Crippen LogP contribution is -2.47. The third-order valence-corrected chi connectivity index (χ3v) is 3.63. The van der Waals surface area contributed by atoms with Crippen LogP contribution in [0.4, 0.5) is 11.6 Å². The van der Waals surface area contributed by atoms with E-state index in [4.69, 9.17) is 10.5 Å². The zero-order valence-electron chi connectivity index (χ0n) is 11.5. The molecule has 1 aromatic heterocycles. The van der Waals surface area contributed by atoms with Crippen molar-refractivity contribution in [2.24, 2.45) is 0 Å². The highest BCUT2D eigenvalue weighted by molar-refractivity contribution is 5.57. The second-order valence-electron chi connectivity index (χ2n) is 5.35. The van der Waals surface area contributed by atoms with Crippen LogP contribution >= 0.6 is 0 Å². The highest BCUT2D eigenvalue weighted by atomic mass is 16.5. The molecular formula is C13H22N4O2. The molecule has 0 aliphatic carbocycles. The SMILES string of the molecule is CC(C)c1c(N)ncnc1NC1(CO)CCOCC1. The number of nitrogens with one attached hydrogen (secondary N) is 1. The van der Waals surface area contributed by atoms with Gasteiger partial charge >= 0.3 is 0 Å². The van der Waals surface area contributed by atoms with Crippen molar-refractivity contribution in [2.75, 3.05) is 30.9 Å². The van der Waals surface area contributed by atoms with Crippen molar-refractivity contribution < 1.29 is 9.84 Å². The molecule has 2 heterocycles. The Balaban J connectivity index is 2.29. The van der Waals surface area contributed by atoms with Crippen molar-refractivity contribution in [3.63, 3.8) is 0 Å². The summed E-state index contributed by atoms with van der Waals surface area (Å²) in [5.41, 5.74) is 6.47. The summed E-state index contributed by atoms with van der Waals surface area (Å²) in [5.74, 6) is 1.44. The molecule has 0 radical (unpaired) electrons. The molecule has 4 N–H and O–H groups in total. The van der Waals surface area contributed by atoms with Gasteiger partial charge < -0.3 is 20.9 Å². The number of hydrogen-bond acceptors (Lipinski definition) is 6. The number of nitrogen functional groups attached to an aromatic ring is 1. The molecule has 1 aliphatic heterocycles. The van der Waals surface area contributed by atoms with Crippen LogP contribution in [0.2, 0.25) is 0 Å². The molecule has 1 saturated heterocycles. The minimum absolute atomic E-state index is 0.0534. The number of ether oxygens (including phenoxy) is 1. The first-order valence-electron chi connectivity index (χ1n) is 6.65. The first kappa shape index (κ1) is 14.0. The van der Waals surface area contributed by atoms with Gasteiger partial charge in [-0.2, -0.15) is 0 Å². The molecular weight excluding hydrogens is 244 g/mol. The van der Waals surface area contributed by atoms with Crippen molar-refractivity contribution in [1.82, 2.24) is 9.97 Å². The van der Waals surface area contributed by atoms with E-state index in [-0.39, 0.29) is 18.1 Å². The van der Waals surface area contributed by atoms with E-state index in [1.165, 1.54) is 6.33 Å². The van der Waals surface area contributed by atoms with E-state index in [1.807, 2.05) is 0 Å². The molecule has 2 rings (SSSR count). The van der Waals surface area contributed by atoms with Gasteiger partial charge in [0.2, 0.25) is 0 Å². The largest absolute Gasteiger partial charge is 0.394 e. The third kappa shape index (κ3) is 2.96. The Bertz CT molecular complexity index is 431. The van der Waals surface area contributed by atoms with Gasteiger partial charge in [0.1, 0.15) is 18.0 Å². The van der Waals surface area contributed by atoms with Gasteiger partial charge in [0.15, 0.2) is 0 Å². The fraction of sp³-hybridized carbons (Fsp3) is 0.692. The van der Waals surface area contributed by atoms with Crippen LogP contribution in [0.5, 0.6) is 0 Å². The lowest BCUT2D eigenvalue weighted by atomic mass is 9.90. The Morgan fingerprint density at radius 2 is 2.11 bits per heavy atom. The smallest absolute Gasteiger partial charge is 0.135 e. The van der Waals surface area contributed by atoms with E-state index in [0.29, 0.717) is 19.0 Å². The topological polar surface area (TPSA) is 93.3 Å². The summed E-state index contributed by atoms with van der Waals surface area (Å²) < 4.78 is 5.36. The number of rotatable bonds is 4. The lowest BCUT2D eigenvalue weighted by molar-refractivity contribution is 0.0378. The van der Waals surface area contributed by atoms with Gasteiger partial charge in [-0.05, 0) is 18.8 Å². The van der Waals surface area contributed by atoms with Crippen LogP contribution in [0.1, 0.15) is 38.2 Å². The van der Waals surface area contributed by atoms with Crippen LogP contribution in [0.3, 0.4) is 0 Å². The summed E-state index contributed by atoms with van der Waals surface area (Å²) in [6, 6.07) is 0. The normalized spacial score (nSPS) is 18.5. The zero-order chi connectivity index (χ0) is 13.9. The van der Waals surface area contributed by atoms with Crippen molar-refractivity contribution in [3.8, 4) is 0 Å². The van der Waals surface area contributed by atoms with E-state index in [1.54, 1.807) is 0 Å². The van der Waals surface area contributed by atoms with E-state index in [2.05, 4.69) is 29.1 Å². The molecule has 0 saturated carbocycles. The van der Waals surface area contributed by atoms with Crippen molar-refractivity contribution in [3.05, 3.63) is 11.9 Å². The Morgan fingerprint density at radius 1 is 1.42 bits per heavy atom. The molecule has 1 fully saturated rings. The second-order valence-corrected chi connectivity index (χ2v) is 5.35. The summed E-state index contributed by atoms with van der Waals surface area (Å²) >= 11 is 0. The Labute approximate surface area is 113 Å². The summed E-state index contributed by atoms with van der Waals surface area (Å²) in [6.45, 7) is 5.44. The maximum atomic E-state index is 9.71. The summed E-state index contributed by atoms with van der Waals surface area (Å²) in [6.07, 6.45) is 2.96. The summed E-state index contributed by atoms with van der Waals surface area (Å²) in [7, 11) is 0. The maximum Gasteiger partial charge on any atom is 0.135 e. The van der Waals surface area contributed by atoms with Gasteiger partial charge in [-0.25, -0.2) is 9.97 Å². The molecule has 6 heteroatoms. The standard InChI is InChI=1S/C13H22N4O2/c1-9(2)10-11(14)15-8-16-12(10)17-13(7-18)3-5-19-6-4-13/h8-9,18H,3-7H2,1-2H3,(H3,14,15,16,17). The van der Waals surface area contributed by atoms with E-state index in [0.717, 1.165) is 24.2 Å². The van der Waals surface area contributed by atoms with Crippen molar-refractivity contribution in [1.29, 1.82) is 0 Å². The molecule has 106 valence electrons. The minimum atomic E-state index is -0.372. The average molecular weight is 266 g/mol. The zero-order valence-corrected chi connectivity index (χ0v) is 11.5. The molecule has 0 unspecified atom stereocenters. The second kappa shape index (κ2) is 5.71. The monoisotopic (exact) mass is 266 g/mol. The quantitative estimate of drug-likeness (QED) is 0.756. The molecule has 0 spiro atoms. The van der Waals surface area contributed by atoms with Crippen LogP contribution in [0.25, 0.3) is 0 Å². The van der Waals surface area contributed by atoms with E-state index < -0.39 is 0 Å². The molecule has 6 nitrogen and oxygen atoms in total. The number of nitrogens with zero attached hydrogens (tertiary/aromatic N) is 2. The molecule has 19 heavy (non-hydrogen) atoms. The first-order chi connectivity index (χ1) is 9.08. The van der Waals surface area contributed by atoms with Gasteiger partial charge in [-0.1, -0.05) is 13.8 Å². The number of aliphatic hydroxyl groups is 1. The van der Waals surface area contributed by atoms with Gasteiger partial charge in [-0.3, -0.25) is 0 Å². The van der Waals surface area contributed by atoms with Gasteiger partial charge in [0, 0.05) is 18.8 Å².